The highest BCUT2D eigenvalue weighted by molar-refractivity contribution is 6.36. The Labute approximate surface area is 135 Å². The summed E-state index contributed by atoms with van der Waals surface area (Å²) in [6.45, 7) is 2.41. The van der Waals surface area contributed by atoms with E-state index in [2.05, 4.69) is 0 Å². The predicted molar refractivity (Wildman–Crippen MR) is 85.5 cm³/mol. The van der Waals surface area contributed by atoms with Crippen molar-refractivity contribution in [2.75, 3.05) is 6.61 Å². The molecule has 21 heavy (non-hydrogen) atoms. The number of hydrogen-bond acceptors (Lipinski definition) is 2. The maximum atomic E-state index is 12.5. The number of rotatable bonds is 5. The Kier molecular flexibility index (Phi) is 4.46. The molecule has 4 heteroatoms. The highest BCUT2D eigenvalue weighted by Crippen LogP contribution is 2.50. The fourth-order valence-electron chi connectivity index (χ4n) is 3.98. The predicted octanol–water partition coefficient (Wildman–Crippen LogP) is 5.40. The average molecular weight is 327 g/mol. The van der Waals surface area contributed by atoms with Crippen molar-refractivity contribution in [1.82, 2.24) is 0 Å². The van der Waals surface area contributed by atoms with Crippen LogP contribution in [0.1, 0.15) is 49.4 Å². The highest BCUT2D eigenvalue weighted by atomic mass is 35.5. The van der Waals surface area contributed by atoms with E-state index in [9.17, 15) is 4.79 Å². The van der Waals surface area contributed by atoms with Gasteiger partial charge >= 0.3 is 0 Å². The van der Waals surface area contributed by atoms with E-state index in [0.29, 0.717) is 40.3 Å². The molecule has 2 saturated carbocycles. The molecule has 1 aromatic rings. The van der Waals surface area contributed by atoms with Gasteiger partial charge in [0.05, 0.1) is 16.7 Å². The van der Waals surface area contributed by atoms with Gasteiger partial charge < -0.3 is 4.74 Å². The van der Waals surface area contributed by atoms with Crippen LogP contribution >= 0.6 is 23.2 Å². The van der Waals surface area contributed by atoms with Crippen LogP contribution in [0.2, 0.25) is 10.0 Å². The zero-order chi connectivity index (χ0) is 15.0. The lowest BCUT2D eigenvalue weighted by Gasteiger charge is -2.21. The van der Waals surface area contributed by atoms with E-state index >= 15 is 0 Å². The molecule has 0 saturated heterocycles. The summed E-state index contributed by atoms with van der Waals surface area (Å²) >= 11 is 12.4. The van der Waals surface area contributed by atoms with Gasteiger partial charge in [0.1, 0.15) is 5.75 Å². The fourth-order valence-corrected chi connectivity index (χ4v) is 4.46. The molecule has 1 aromatic carbocycles. The van der Waals surface area contributed by atoms with Gasteiger partial charge in [0.15, 0.2) is 5.78 Å². The van der Waals surface area contributed by atoms with Crippen molar-refractivity contribution in [3.8, 4) is 5.75 Å². The average Bonchev–Trinajstić information content (AvgIpc) is 3.05. The molecule has 2 nitrogen and oxygen atoms in total. The summed E-state index contributed by atoms with van der Waals surface area (Å²) in [5, 5.41) is 0.897. The first-order valence-electron chi connectivity index (χ1n) is 7.73. The molecular formula is C17H20Cl2O2. The van der Waals surface area contributed by atoms with E-state index in [1.165, 1.54) is 25.7 Å². The first-order valence-corrected chi connectivity index (χ1v) is 8.49. The largest absolute Gasteiger partial charge is 0.492 e. The monoisotopic (exact) mass is 326 g/mol. The normalized spacial score (nSPS) is 27.1. The number of Topliss-reactive ketones (excluding diaryl/α,β-unsaturated/α-hetero) is 1. The third-order valence-electron chi connectivity index (χ3n) is 4.95. The van der Waals surface area contributed by atoms with Crippen LogP contribution in [0.3, 0.4) is 0 Å². The molecule has 3 rings (SSSR count). The number of carbonyl (C=O) groups is 1. The Bertz CT molecular complexity index is 556. The van der Waals surface area contributed by atoms with E-state index in [4.69, 9.17) is 27.9 Å². The summed E-state index contributed by atoms with van der Waals surface area (Å²) in [7, 11) is 0. The van der Waals surface area contributed by atoms with Crippen LogP contribution in [0.15, 0.2) is 12.1 Å². The van der Waals surface area contributed by atoms with Crippen molar-refractivity contribution >= 4 is 29.0 Å². The summed E-state index contributed by atoms with van der Waals surface area (Å²) < 4.78 is 5.40. The van der Waals surface area contributed by atoms with Crippen LogP contribution in [-0.4, -0.2) is 12.4 Å². The van der Waals surface area contributed by atoms with Gasteiger partial charge in [-0.05, 0) is 50.0 Å². The number of benzene rings is 1. The molecule has 0 heterocycles. The quantitative estimate of drug-likeness (QED) is 0.677. The van der Waals surface area contributed by atoms with Crippen molar-refractivity contribution in [3.63, 3.8) is 0 Å². The third-order valence-corrected chi connectivity index (χ3v) is 5.56. The maximum Gasteiger partial charge on any atom is 0.164 e. The lowest BCUT2D eigenvalue weighted by molar-refractivity contribution is 0.0944. The number of halogens is 2. The molecule has 114 valence electrons. The molecule has 0 amide bonds. The molecule has 0 radical (unpaired) electrons. The molecule has 0 spiro atoms. The number of ether oxygens (including phenoxy) is 1. The molecule has 2 bridgehead atoms. The molecule has 3 unspecified atom stereocenters. The minimum atomic E-state index is 0.113. The molecular weight excluding hydrogens is 307 g/mol. The van der Waals surface area contributed by atoms with E-state index in [-0.39, 0.29) is 5.78 Å². The second-order valence-corrected chi connectivity index (χ2v) is 7.07. The van der Waals surface area contributed by atoms with Crippen molar-refractivity contribution in [3.05, 3.63) is 27.7 Å². The van der Waals surface area contributed by atoms with Gasteiger partial charge in [0.25, 0.3) is 0 Å². The molecule has 2 aliphatic carbocycles. The topological polar surface area (TPSA) is 26.3 Å². The lowest BCUT2D eigenvalue weighted by atomic mass is 9.84. The summed E-state index contributed by atoms with van der Waals surface area (Å²) in [5.41, 5.74) is 0.535. The van der Waals surface area contributed by atoms with Crippen LogP contribution in [0.25, 0.3) is 0 Å². The van der Waals surface area contributed by atoms with E-state index < -0.39 is 0 Å². The number of hydrogen-bond donors (Lipinski definition) is 0. The summed E-state index contributed by atoms with van der Waals surface area (Å²) in [6, 6.07) is 3.31. The first-order chi connectivity index (χ1) is 10.1. The van der Waals surface area contributed by atoms with Gasteiger partial charge in [-0.15, -0.1) is 0 Å². The minimum Gasteiger partial charge on any atom is -0.492 e. The van der Waals surface area contributed by atoms with Crippen molar-refractivity contribution in [2.45, 2.75) is 39.0 Å². The first kappa shape index (κ1) is 15.2. The summed E-state index contributed by atoms with van der Waals surface area (Å²) in [5.74, 6) is 2.80. The minimum absolute atomic E-state index is 0.113. The Hall–Kier alpha value is -0.730. The van der Waals surface area contributed by atoms with Crippen LogP contribution in [-0.2, 0) is 0 Å². The van der Waals surface area contributed by atoms with Crippen molar-refractivity contribution in [2.24, 2.45) is 17.8 Å². The number of fused-ring (bicyclic) bond motifs is 2. The zero-order valence-electron chi connectivity index (χ0n) is 12.2. The molecule has 0 aliphatic heterocycles. The van der Waals surface area contributed by atoms with Crippen molar-refractivity contribution < 1.29 is 9.53 Å². The van der Waals surface area contributed by atoms with Gasteiger partial charge in [-0.2, -0.15) is 0 Å². The number of ketones is 1. The second-order valence-electron chi connectivity index (χ2n) is 6.26. The van der Waals surface area contributed by atoms with Crippen LogP contribution in [0, 0.1) is 17.8 Å². The second kappa shape index (κ2) is 6.18. The Morgan fingerprint density at radius 2 is 2.05 bits per heavy atom. The van der Waals surface area contributed by atoms with Gasteiger partial charge in [0.2, 0.25) is 0 Å². The van der Waals surface area contributed by atoms with Crippen LogP contribution in [0.4, 0.5) is 0 Å². The van der Waals surface area contributed by atoms with Crippen LogP contribution < -0.4 is 4.74 Å². The molecule has 0 aromatic heterocycles. The molecule has 2 aliphatic rings. The van der Waals surface area contributed by atoms with Gasteiger partial charge in [0, 0.05) is 18.1 Å². The smallest absolute Gasteiger partial charge is 0.164 e. The van der Waals surface area contributed by atoms with Gasteiger partial charge in [-0.25, -0.2) is 0 Å². The summed E-state index contributed by atoms with van der Waals surface area (Å²) in [4.78, 5) is 12.5. The molecule has 3 atom stereocenters. The van der Waals surface area contributed by atoms with Crippen LogP contribution in [0.5, 0.6) is 5.75 Å². The van der Waals surface area contributed by atoms with Gasteiger partial charge in [-0.1, -0.05) is 29.6 Å². The standard InChI is InChI=1S/C17H20Cl2O2/c1-2-21-17-9-14(18)13(8-15(17)19)16(20)7-12-6-10-3-4-11(12)5-10/h8-12H,2-7H2,1H3. The zero-order valence-corrected chi connectivity index (χ0v) is 13.7. The van der Waals surface area contributed by atoms with E-state index in [0.717, 1.165) is 11.8 Å². The Morgan fingerprint density at radius 1 is 1.24 bits per heavy atom. The maximum absolute atomic E-state index is 12.5. The number of carbonyl (C=O) groups excluding carboxylic acids is 1. The molecule has 0 N–H and O–H groups in total. The highest BCUT2D eigenvalue weighted by Gasteiger charge is 2.40. The van der Waals surface area contributed by atoms with E-state index in [1.807, 2.05) is 6.92 Å². The Balaban J connectivity index is 1.74. The van der Waals surface area contributed by atoms with Gasteiger partial charge in [-0.3, -0.25) is 4.79 Å². The molecule has 2 fully saturated rings. The Morgan fingerprint density at radius 3 is 2.67 bits per heavy atom. The SMILES string of the molecule is CCOc1cc(Cl)c(C(=O)CC2CC3CCC2C3)cc1Cl. The summed E-state index contributed by atoms with van der Waals surface area (Å²) in [6.07, 6.45) is 5.77. The fraction of sp³-hybridized carbons (Fsp3) is 0.588. The lowest BCUT2D eigenvalue weighted by Crippen LogP contribution is -2.15. The third kappa shape index (κ3) is 3.07. The van der Waals surface area contributed by atoms with Crippen molar-refractivity contribution in [1.29, 1.82) is 0 Å². The van der Waals surface area contributed by atoms with E-state index in [1.54, 1.807) is 12.1 Å².